The Hall–Kier alpha value is -2.36. The zero-order chi connectivity index (χ0) is 13.0. The lowest BCUT2D eigenvalue weighted by Gasteiger charge is -2.07. The summed E-state index contributed by atoms with van der Waals surface area (Å²) in [6.07, 6.45) is 0.263. The van der Waals surface area contributed by atoms with E-state index < -0.39 is 0 Å². The Balaban J connectivity index is 2.24. The first-order valence-electron chi connectivity index (χ1n) is 5.50. The molecule has 0 fully saturated rings. The second-order valence-corrected chi connectivity index (χ2v) is 3.91. The number of nitrogens with zero attached hydrogens (tertiary/aromatic N) is 1. The van der Waals surface area contributed by atoms with Crippen LogP contribution in [0.4, 0.5) is 0 Å². The van der Waals surface area contributed by atoms with Gasteiger partial charge in [0.15, 0.2) is 0 Å². The van der Waals surface area contributed by atoms with Crippen molar-refractivity contribution < 1.29 is 10.0 Å². The number of rotatable bonds is 4. The van der Waals surface area contributed by atoms with Gasteiger partial charge < -0.3 is 5.11 Å². The second kappa shape index (κ2) is 5.31. The van der Waals surface area contributed by atoms with Gasteiger partial charge in [-0.05, 0) is 29.8 Å². The Morgan fingerprint density at radius 2 is 1.67 bits per heavy atom. The first kappa shape index (κ1) is 12.1. The summed E-state index contributed by atoms with van der Waals surface area (Å²) < 4.78 is 0. The molecule has 18 heavy (non-hydrogen) atoms. The monoisotopic (exact) mass is 242 g/mol. The summed E-state index contributed by atoms with van der Waals surface area (Å²) in [7, 11) is 0. The zero-order valence-corrected chi connectivity index (χ0v) is 9.61. The second-order valence-electron chi connectivity index (χ2n) is 3.91. The third-order valence-electron chi connectivity index (χ3n) is 2.64. The highest BCUT2D eigenvalue weighted by molar-refractivity contribution is 5.34. The lowest BCUT2D eigenvalue weighted by Crippen LogP contribution is -2.14. The third-order valence-corrected chi connectivity index (χ3v) is 2.64. The maximum atomic E-state index is 11.1. The molecular weight excluding hydrogens is 230 g/mol. The minimum absolute atomic E-state index is 0.0983. The molecule has 0 spiro atoms. The highest BCUT2D eigenvalue weighted by Gasteiger charge is 2.26. The van der Waals surface area contributed by atoms with Crippen molar-refractivity contribution in [2.75, 3.05) is 0 Å². The van der Waals surface area contributed by atoms with Gasteiger partial charge in [-0.15, -0.1) is 0 Å². The molecule has 0 heterocycles. The highest BCUT2D eigenvalue weighted by atomic mass is 16.6. The Morgan fingerprint density at radius 3 is 2.22 bits per heavy atom. The van der Waals surface area contributed by atoms with E-state index in [2.05, 4.69) is 0 Å². The molecular formula is C14H12NO3. The van der Waals surface area contributed by atoms with Crippen LogP contribution in [-0.4, -0.2) is 10.0 Å². The molecule has 0 saturated heterocycles. The zero-order valence-electron chi connectivity index (χ0n) is 9.61. The molecule has 0 aliphatic rings. The fraction of sp³-hybridized carbons (Fsp3) is 0.0714. The van der Waals surface area contributed by atoms with Crippen molar-refractivity contribution >= 4 is 0 Å². The number of phenols is 1. The number of benzene rings is 2. The molecule has 2 aromatic carbocycles. The quantitative estimate of drug-likeness (QED) is 0.662. The van der Waals surface area contributed by atoms with Crippen LogP contribution in [0.15, 0.2) is 54.6 Å². The molecule has 0 atom stereocenters. The van der Waals surface area contributed by atoms with Gasteiger partial charge in [0.1, 0.15) is 5.75 Å². The summed E-state index contributed by atoms with van der Waals surface area (Å²) in [5.74, 6) is 0.0983. The van der Waals surface area contributed by atoms with Gasteiger partial charge in [0, 0.05) is 10.5 Å². The van der Waals surface area contributed by atoms with Crippen LogP contribution < -0.4 is 0 Å². The molecule has 0 aliphatic heterocycles. The highest BCUT2D eigenvalue weighted by Crippen LogP contribution is 2.22. The number of aromatic hydroxyl groups is 1. The number of hydrogen-bond acceptors (Lipinski definition) is 3. The summed E-state index contributed by atoms with van der Waals surface area (Å²) in [6.45, 7) is 0. The van der Waals surface area contributed by atoms with Crippen LogP contribution >= 0.6 is 0 Å². The fourth-order valence-corrected chi connectivity index (χ4v) is 1.72. The third kappa shape index (κ3) is 2.85. The molecule has 1 N–H and O–H groups in total. The molecule has 4 nitrogen and oxygen atoms in total. The van der Waals surface area contributed by atoms with E-state index >= 15 is 0 Å². The lowest BCUT2D eigenvalue weighted by molar-refractivity contribution is -0.459. The minimum atomic E-state index is -0.376. The number of nitro groups is 1. The standard InChI is InChI=1S/C14H12NO3/c16-13-8-6-12(7-9-13)14(15(17)18)10-11-4-2-1-3-5-11/h1-9,16H,10H2. The minimum Gasteiger partial charge on any atom is -0.508 e. The Morgan fingerprint density at radius 1 is 1.06 bits per heavy atom. The molecule has 0 bridgehead atoms. The Kier molecular flexibility index (Phi) is 3.57. The van der Waals surface area contributed by atoms with Gasteiger partial charge in [0.2, 0.25) is 0 Å². The predicted molar refractivity (Wildman–Crippen MR) is 67.6 cm³/mol. The van der Waals surface area contributed by atoms with Crippen LogP contribution in [0.5, 0.6) is 5.75 Å². The molecule has 1 radical (unpaired) electrons. The van der Waals surface area contributed by atoms with E-state index in [4.69, 9.17) is 0 Å². The smallest absolute Gasteiger partial charge is 0.324 e. The van der Waals surface area contributed by atoms with Crippen LogP contribution in [0, 0.1) is 16.2 Å². The van der Waals surface area contributed by atoms with E-state index in [0.29, 0.717) is 5.56 Å². The van der Waals surface area contributed by atoms with Crippen LogP contribution in [-0.2, 0) is 6.42 Å². The van der Waals surface area contributed by atoms with E-state index in [-0.39, 0.29) is 23.1 Å². The Labute approximate surface area is 105 Å². The summed E-state index contributed by atoms with van der Waals surface area (Å²) in [4.78, 5) is 10.7. The molecule has 0 saturated carbocycles. The number of phenolic OH excluding ortho intramolecular Hbond substituents is 1. The summed E-state index contributed by atoms with van der Waals surface area (Å²) >= 11 is 0. The van der Waals surface area contributed by atoms with Crippen molar-refractivity contribution in [1.29, 1.82) is 0 Å². The van der Waals surface area contributed by atoms with Crippen LogP contribution in [0.2, 0.25) is 0 Å². The van der Waals surface area contributed by atoms with Crippen LogP contribution in [0.3, 0.4) is 0 Å². The molecule has 0 aromatic heterocycles. The van der Waals surface area contributed by atoms with E-state index in [9.17, 15) is 15.2 Å². The SMILES string of the molecule is O=[N+]([O-])[C](Cc1ccccc1)c1ccc(O)cc1. The normalized spacial score (nSPS) is 10.5. The van der Waals surface area contributed by atoms with Crippen molar-refractivity contribution in [1.82, 2.24) is 0 Å². The van der Waals surface area contributed by atoms with Crippen molar-refractivity contribution in [3.05, 3.63) is 81.9 Å². The first-order chi connectivity index (χ1) is 8.66. The maximum absolute atomic E-state index is 11.1. The van der Waals surface area contributed by atoms with Crippen molar-refractivity contribution in [2.45, 2.75) is 6.42 Å². The summed E-state index contributed by atoms with van der Waals surface area (Å²) in [5.41, 5.74) is 1.40. The summed E-state index contributed by atoms with van der Waals surface area (Å²) in [6, 6.07) is 15.4. The average Bonchev–Trinajstić information content (AvgIpc) is 2.38. The van der Waals surface area contributed by atoms with Gasteiger partial charge in [0.05, 0.1) is 6.42 Å². The van der Waals surface area contributed by atoms with Gasteiger partial charge >= 0.3 is 6.04 Å². The first-order valence-corrected chi connectivity index (χ1v) is 5.50. The van der Waals surface area contributed by atoms with E-state index in [1.165, 1.54) is 12.1 Å². The van der Waals surface area contributed by atoms with E-state index in [1.54, 1.807) is 12.1 Å². The molecule has 91 valence electrons. The Bertz CT molecular complexity index is 522. The number of hydrogen-bond donors (Lipinski definition) is 1. The van der Waals surface area contributed by atoms with Crippen molar-refractivity contribution in [3.8, 4) is 5.75 Å². The molecule has 2 rings (SSSR count). The summed E-state index contributed by atoms with van der Waals surface area (Å²) in [5, 5.41) is 20.3. The van der Waals surface area contributed by atoms with Crippen LogP contribution in [0.25, 0.3) is 0 Å². The van der Waals surface area contributed by atoms with E-state index in [1.807, 2.05) is 30.3 Å². The largest absolute Gasteiger partial charge is 0.508 e. The van der Waals surface area contributed by atoms with Crippen molar-refractivity contribution in [3.63, 3.8) is 0 Å². The van der Waals surface area contributed by atoms with Gasteiger partial charge in [-0.25, -0.2) is 0 Å². The van der Waals surface area contributed by atoms with Crippen molar-refractivity contribution in [2.24, 2.45) is 0 Å². The van der Waals surface area contributed by atoms with Gasteiger partial charge in [-0.1, -0.05) is 30.3 Å². The van der Waals surface area contributed by atoms with Crippen LogP contribution in [0.1, 0.15) is 11.1 Å². The van der Waals surface area contributed by atoms with Gasteiger partial charge in [-0.3, -0.25) is 10.1 Å². The fourth-order valence-electron chi connectivity index (χ4n) is 1.72. The molecule has 0 aliphatic carbocycles. The maximum Gasteiger partial charge on any atom is 0.324 e. The van der Waals surface area contributed by atoms with Gasteiger partial charge in [0.25, 0.3) is 0 Å². The average molecular weight is 242 g/mol. The molecule has 4 heteroatoms. The molecule has 0 unspecified atom stereocenters. The predicted octanol–water partition coefficient (Wildman–Crippen LogP) is 2.79. The lowest BCUT2D eigenvalue weighted by atomic mass is 9.99. The molecule has 2 aromatic rings. The topological polar surface area (TPSA) is 63.4 Å². The molecule has 0 amide bonds. The van der Waals surface area contributed by atoms with Gasteiger partial charge in [-0.2, -0.15) is 0 Å². The van der Waals surface area contributed by atoms with E-state index in [0.717, 1.165) is 5.56 Å².